The Kier molecular flexibility index (Phi) is 8.56. The number of rotatable bonds is 7. The lowest BCUT2D eigenvalue weighted by Crippen LogP contribution is -2.44. The number of Topliss-reactive ketones (excluding diaryl/α,β-unsaturated/α-hetero) is 1. The SMILES string of the molecule is CC1(C)CCN(C(C)(C)C)C=C1C(=O)/C=C/c1cccc(CCC(=O)C2=CN(C(C)(C)C)CCC2(C)C)c1. The molecule has 0 spiro atoms. The molecule has 1 aromatic rings. The number of hydrogen-bond donors (Lipinski definition) is 0. The second-order valence-corrected chi connectivity index (χ2v) is 14.4. The molecule has 38 heavy (non-hydrogen) atoms. The first kappa shape index (κ1) is 29.9. The van der Waals surface area contributed by atoms with Crippen LogP contribution in [0, 0.1) is 10.8 Å². The van der Waals surface area contributed by atoms with Gasteiger partial charge in [-0.1, -0.05) is 58.0 Å². The fourth-order valence-corrected chi connectivity index (χ4v) is 5.27. The van der Waals surface area contributed by atoms with Gasteiger partial charge in [-0.2, -0.15) is 0 Å². The summed E-state index contributed by atoms with van der Waals surface area (Å²) in [5.41, 5.74) is 3.66. The van der Waals surface area contributed by atoms with Crippen LogP contribution in [0.5, 0.6) is 0 Å². The Balaban J connectivity index is 1.71. The van der Waals surface area contributed by atoms with Gasteiger partial charge in [-0.05, 0) is 88.8 Å². The Hall–Kier alpha value is -2.62. The highest BCUT2D eigenvalue weighted by atomic mass is 16.1. The summed E-state index contributed by atoms with van der Waals surface area (Å²) < 4.78 is 0. The highest BCUT2D eigenvalue weighted by Crippen LogP contribution is 2.39. The van der Waals surface area contributed by atoms with Crippen LogP contribution in [0.3, 0.4) is 0 Å². The van der Waals surface area contributed by atoms with Crippen LogP contribution in [0.2, 0.25) is 0 Å². The Morgan fingerprint density at radius 1 is 0.842 bits per heavy atom. The molecule has 0 bridgehead atoms. The van der Waals surface area contributed by atoms with Gasteiger partial charge in [0, 0.05) is 54.1 Å². The second-order valence-electron chi connectivity index (χ2n) is 14.4. The molecule has 0 N–H and O–H groups in total. The van der Waals surface area contributed by atoms with Crippen LogP contribution in [-0.4, -0.2) is 45.5 Å². The van der Waals surface area contributed by atoms with E-state index < -0.39 is 0 Å². The average molecular weight is 519 g/mol. The number of carbonyl (C=O) groups is 2. The van der Waals surface area contributed by atoms with E-state index >= 15 is 0 Å². The molecule has 0 aliphatic carbocycles. The zero-order valence-corrected chi connectivity index (χ0v) is 25.6. The second kappa shape index (κ2) is 10.9. The number of ketones is 2. The zero-order chi connectivity index (χ0) is 28.5. The van der Waals surface area contributed by atoms with Crippen molar-refractivity contribution in [1.29, 1.82) is 0 Å². The summed E-state index contributed by atoms with van der Waals surface area (Å²) in [6.45, 7) is 23.7. The largest absolute Gasteiger partial charge is 0.372 e. The van der Waals surface area contributed by atoms with Crippen LogP contribution >= 0.6 is 0 Å². The number of hydrogen-bond acceptors (Lipinski definition) is 4. The van der Waals surface area contributed by atoms with E-state index in [9.17, 15) is 9.59 Å². The van der Waals surface area contributed by atoms with Gasteiger partial charge in [0.05, 0.1) is 0 Å². The quantitative estimate of drug-likeness (QED) is 0.349. The number of carbonyl (C=O) groups excluding carboxylic acids is 2. The molecule has 2 heterocycles. The molecule has 3 rings (SSSR count). The highest BCUT2D eigenvalue weighted by molar-refractivity contribution is 6.07. The normalized spacial score (nSPS) is 19.8. The smallest absolute Gasteiger partial charge is 0.183 e. The minimum atomic E-state index is -0.143. The number of nitrogens with zero attached hydrogens (tertiary/aromatic N) is 2. The van der Waals surface area contributed by atoms with Gasteiger partial charge in [0.1, 0.15) is 0 Å². The molecular formula is C34H50N2O2. The summed E-state index contributed by atoms with van der Waals surface area (Å²) in [6.07, 6.45) is 10.9. The zero-order valence-electron chi connectivity index (χ0n) is 25.6. The Bertz CT molecular complexity index is 1140. The molecule has 4 heteroatoms. The topological polar surface area (TPSA) is 40.6 Å². The van der Waals surface area contributed by atoms with Crippen LogP contribution in [0.4, 0.5) is 0 Å². The summed E-state index contributed by atoms with van der Waals surface area (Å²) >= 11 is 0. The van der Waals surface area contributed by atoms with E-state index in [0.29, 0.717) is 12.8 Å². The van der Waals surface area contributed by atoms with Gasteiger partial charge >= 0.3 is 0 Å². The first-order chi connectivity index (χ1) is 17.4. The molecule has 0 aromatic heterocycles. The molecule has 0 amide bonds. The lowest BCUT2D eigenvalue weighted by atomic mass is 9.76. The molecular weight excluding hydrogens is 468 g/mol. The van der Waals surface area contributed by atoms with Crippen molar-refractivity contribution < 1.29 is 9.59 Å². The summed E-state index contributed by atoms with van der Waals surface area (Å²) in [5, 5.41) is 0. The van der Waals surface area contributed by atoms with Gasteiger partial charge in [0.25, 0.3) is 0 Å². The molecule has 2 aliphatic rings. The molecule has 0 saturated carbocycles. The number of aryl methyl sites for hydroxylation is 1. The first-order valence-electron chi connectivity index (χ1n) is 14.2. The van der Waals surface area contributed by atoms with Crippen LogP contribution in [0.15, 0.2) is 53.9 Å². The van der Waals surface area contributed by atoms with E-state index in [0.717, 1.165) is 48.2 Å². The van der Waals surface area contributed by atoms with Crippen molar-refractivity contribution in [2.75, 3.05) is 13.1 Å². The van der Waals surface area contributed by atoms with Crippen molar-refractivity contribution >= 4 is 17.6 Å². The molecule has 208 valence electrons. The molecule has 0 atom stereocenters. The monoisotopic (exact) mass is 518 g/mol. The minimum Gasteiger partial charge on any atom is -0.372 e. The third-order valence-corrected chi connectivity index (χ3v) is 8.29. The van der Waals surface area contributed by atoms with Crippen LogP contribution in [0.1, 0.15) is 99.6 Å². The lowest BCUT2D eigenvalue weighted by molar-refractivity contribution is -0.117. The molecule has 0 fully saturated rings. The fourth-order valence-electron chi connectivity index (χ4n) is 5.27. The molecule has 0 saturated heterocycles. The standard InChI is InChI=1S/C34H50N2O2/c1-31(2,3)35-20-18-33(7,8)27(23-35)29(37)16-14-25-12-11-13-26(22-25)15-17-30(38)28-24-36(32(4,5)6)21-19-34(28,9)10/h11-14,16,22-24H,15,17-21H2,1-10H3/b16-14+. The summed E-state index contributed by atoms with van der Waals surface area (Å²) in [5.74, 6) is 0.300. The summed E-state index contributed by atoms with van der Waals surface area (Å²) in [6, 6.07) is 8.20. The summed E-state index contributed by atoms with van der Waals surface area (Å²) in [4.78, 5) is 31.2. The van der Waals surface area contributed by atoms with Crippen LogP contribution in [-0.2, 0) is 16.0 Å². The lowest BCUT2D eigenvalue weighted by Gasteiger charge is -2.43. The maximum atomic E-state index is 13.3. The van der Waals surface area contributed by atoms with Gasteiger partial charge in [0.2, 0.25) is 0 Å². The Morgan fingerprint density at radius 3 is 1.92 bits per heavy atom. The van der Waals surface area contributed by atoms with Gasteiger partial charge < -0.3 is 9.80 Å². The van der Waals surface area contributed by atoms with E-state index in [4.69, 9.17) is 0 Å². The Labute approximate surface area is 231 Å². The first-order valence-corrected chi connectivity index (χ1v) is 14.2. The van der Waals surface area contributed by atoms with Gasteiger partial charge in [-0.25, -0.2) is 0 Å². The van der Waals surface area contributed by atoms with E-state index in [1.807, 2.05) is 18.2 Å². The average Bonchev–Trinajstić information content (AvgIpc) is 2.79. The third kappa shape index (κ3) is 7.27. The van der Waals surface area contributed by atoms with Gasteiger partial charge in [-0.15, -0.1) is 0 Å². The minimum absolute atomic E-state index is 0.00798. The third-order valence-electron chi connectivity index (χ3n) is 8.29. The van der Waals surface area contributed by atoms with Gasteiger partial charge in [0.15, 0.2) is 11.6 Å². The van der Waals surface area contributed by atoms with Crippen molar-refractivity contribution in [2.24, 2.45) is 10.8 Å². The van der Waals surface area contributed by atoms with E-state index in [2.05, 4.69) is 104 Å². The maximum Gasteiger partial charge on any atom is 0.183 e. The van der Waals surface area contributed by atoms with Crippen LogP contribution in [0.25, 0.3) is 6.08 Å². The molecule has 0 radical (unpaired) electrons. The molecule has 2 aliphatic heterocycles. The number of allylic oxidation sites excluding steroid dienone is 3. The van der Waals surface area contributed by atoms with E-state index in [1.54, 1.807) is 6.08 Å². The fraction of sp³-hybridized carbons (Fsp3) is 0.588. The molecule has 4 nitrogen and oxygen atoms in total. The predicted molar refractivity (Wildman–Crippen MR) is 160 cm³/mol. The van der Waals surface area contributed by atoms with Crippen molar-refractivity contribution in [3.63, 3.8) is 0 Å². The predicted octanol–water partition coefficient (Wildman–Crippen LogP) is 7.60. The van der Waals surface area contributed by atoms with Crippen molar-refractivity contribution in [3.8, 4) is 0 Å². The van der Waals surface area contributed by atoms with Crippen molar-refractivity contribution in [2.45, 2.75) is 106 Å². The maximum absolute atomic E-state index is 13.3. The van der Waals surface area contributed by atoms with Crippen molar-refractivity contribution in [1.82, 2.24) is 9.80 Å². The van der Waals surface area contributed by atoms with Crippen molar-refractivity contribution in [3.05, 3.63) is 65.0 Å². The number of benzene rings is 1. The highest BCUT2D eigenvalue weighted by Gasteiger charge is 2.36. The van der Waals surface area contributed by atoms with E-state index in [1.165, 1.54) is 0 Å². The molecule has 0 unspecified atom stereocenters. The van der Waals surface area contributed by atoms with Crippen LogP contribution < -0.4 is 0 Å². The molecule has 1 aromatic carbocycles. The summed E-state index contributed by atoms with van der Waals surface area (Å²) in [7, 11) is 0. The van der Waals surface area contributed by atoms with Gasteiger partial charge in [-0.3, -0.25) is 9.59 Å². The Morgan fingerprint density at radius 2 is 1.37 bits per heavy atom. The van der Waals surface area contributed by atoms with E-state index in [-0.39, 0.29) is 33.5 Å².